The van der Waals surface area contributed by atoms with Gasteiger partial charge in [-0.05, 0) is 72.3 Å². The fourth-order valence-electron chi connectivity index (χ4n) is 2.05. The Labute approximate surface area is 156 Å². The van der Waals surface area contributed by atoms with Crippen molar-refractivity contribution >= 4 is 40.3 Å². The second-order valence-electron chi connectivity index (χ2n) is 5.38. The van der Waals surface area contributed by atoms with Crippen LogP contribution in [-0.4, -0.2) is 19.1 Å². The molecule has 0 fully saturated rings. The molecular formula is C19H20INO3. The van der Waals surface area contributed by atoms with E-state index in [1.807, 2.05) is 56.3 Å². The summed E-state index contributed by atoms with van der Waals surface area (Å²) in [6.07, 6.45) is 3.31. The van der Waals surface area contributed by atoms with Crippen LogP contribution in [0, 0.1) is 3.57 Å². The molecule has 0 saturated heterocycles. The monoisotopic (exact) mass is 437 g/mol. The van der Waals surface area contributed by atoms with E-state index in [2.05, 4.69) is 27.9 Å². The van der Waals surface area contributed by atoms with E-state index in [4.69, 9.17) is 9.47 Å². The van der Waals surface area contributed by atoms with E-state index in [0.717, 1.165) is 14.8 Å². The van der Waals surface area contributed by atoms with Gasteiger partial charge in [-0.15, -0.1) is 0 Å². The van der Waals surface area contributed by atoms with Crippen molar-refractivity contribution in [2.45, 2.75) is 20.0 Å². The first kappa shape index (κ1) is 18.3. The number of carbonyl (C=O) groups is 1. The number of halogens is 1. The molecule has 0 saturated carbocycles. The van der Waals surface area contributed by atoms with Gasteiger partial charge in [-0.2, -0.15) is 0 Å². The number of hydrogen-bond donors (Lipinski definition) is 1. The van der Waals surface area contributed by atoms with E-state index in [0.29, 0.717) is 11.5 Å². The molecule has 0 aliphatic rings. The number of benzene rings is 2. The number of ether oxygens (including phenoxy) is 2. The SMILES string of the molecule is COc1cc(C=CC(=O)Nc2ccccc2I)ccc1OC(C)C. The molecule has 4 nitrogen and oxygen atoms in total. The molecule has 0 spiro atoms. The minimum atomic E-state index is -0.180. The molecule has 2 aromatic carbocycles. The summed E-state index contributed by atoms with van der Waals surface area (Å²) in [5, 5.41) is 2.86. The lowest BCUT2D eigenvalue weighted by Crippen LogP contribution is -2.08. The van der Waals surface area contributed by atoms with E-state index < -0.39 is 0 Å². The normalized spacial score (nSPS) is 10.9. The Hall–Kier alpha value is -2.02. The fraction of sp³-hybridized carbons (Fsp3) is 0.211. The van der Waals surface area contributed by atoms with Crippen molar-refractivity contribution in [3.05, 3.63) is 57.7 Å². The number of nitrogens with one attached hydrogen (secondary N) is 1. The number of hydrogen-bond acceptors (Lipinski definition) is 3. The first-order valence-corrected chi connectivity index (χ1v) is 8.65. The van der Waals surface area contributed by atoms with Crippen LogP contribution in [0.5, 0.6) is 11.5 Å². The molecule has 5 heteroatoms. The summed E-state index contributed by atoms with van der Waals surface area (Å²) in [5.74, 6) is 1.15. The zero-order valence-electron chi connectivity index (χ0n) is 13.9. The highest BCUT2D eigenvalue weighted by atomic mass is 127. The lowest BCUT2D eigenvalue weighted by Gasteiger charge is -2.13. The van der Waals surface area contributed by atoms with E-state index in [1.165, 1.54) is 6.08 Å². The Morgan fingerprint density at radius 2 is 1.92 bits per heavy atom. The molecular weight excluding hydrogens is 417 g/mol. The van der Waals surface area contributed by atoms with Crippen LogP contribution >= 0.6 is 22.6 Å². The molecule has 0 heterocycles. The minimum absolute atomic E-state index is 0.0689. The van der Waals surface area contributed by atoms with Crippen molar-refractivity contribution in [2.75, 3.05) is 12.4 Å². The first-order valence-electron chi connectivity index (χ1n) is 7.58. The zero-order valence-corrected chi connectivity index (χ0v) is 16.0. The summed E-state index contributed by atoms with van der Waals surface area (Å²) in [4.78, 5) is 12.0. The van der Waals surface area contributed by atoms with Crippen LogP contribution in [0.1, 0.15) is 19.4 Å². The molecule has 126 valence electrons. The summed E-state index contributed by atoms with van der Waals surface area (Å²) >= 11 is 2.19. The third-order valence-corrected chi connectivity index (χ3v) is 4.05. The highest BCUT2D eigenvalue weighted by Gasteiger charge is 2.07. The third kappa shape index (κ3) is 5.26. The maximum Gasteiger partial charge on any atom is 0.248 e. The molecule has 0 unspecified atom stereocenters. The maximum atomic E-state index is 12.0. The van der Waals surface area contributed by atoms with Crippen molar-refractivity contribution in [3.8, 4) is 11.5 Å². The van der Waals surface area contributed by atoms with Crippen LogP contribution < -0.4 is 14.8 Å². The van der Waals surface area contributed by atoms with Crippen molar-refractivity contribution in [1.29, 1.82) is 0 Å². The van der Waals surface area contributed by atoms with Gasteiger partial charge < -0.3 is 14.8 Å². The quantitative estimate of drug-likeness (QED) is 0.525. The molecule has 1 amide bonds. The van der Waals surface area contributed by atoms with E-state index in [-0.39, 0.29) is 12.0 Å². The predicted octanol–water partition coefficient (Wildman–Crippen LogP) is 4.74. The van der Waals surface area contributed by atoms with Gasteiger partial charge in [0.1, 0.15) is 0 Å². The van der Waals surface area contributed by atoms with Crippen LogP contribution in [0.4, 0.5) is 5.69 Å². The van der Waals surface area contributed by atoms with E-state index in [1.54, 1.807) is 13.2 Å². The van der Waals surface area contributed by atoms with Gasteiger partial charge in [0, 0.05) is 9.65 Å². The standard InChI is InChI=1S/C19H20INO3/c1-13(2)24-17-10-8-14(12-18(17)23-3)9-11-19(22)21-16-7-5-4-6-15(16)20/h4-13H,1-3H3,(H,21,22). The lowest BCUT2D eigenvalue weighted by molar-refractivity contribution is -0.111. The maximum absolute atomic E-state index is 12.0. The Morgan fingerprint density at radius 1 is 1.17 bits per heavy atom. The second-order valence-corrected chi connectivity index (χ2v) is 6.54. The largest absolute Gasteiger partial charge is 0.493 e. The van der Waals surface area contributed by atoms with Gasteiger partial charge in [0.15, 0.2) is 11.5 Å². The van der Waals surface area contributed by atoms with Crippen molar-refractivity contribution in [3.63, 3.8) is 0 Å². The first-order chi connectivity index (χ1) is 11.5. The average molecular weight is 437 g/mol. The number of methoxy groups -OCH3 is 1. The number of para-hydroxylation sites is 1. The summed E-state index contributed by atoms with van der Waals surface area (Å²) in [5.41, 5.74) is 1.66. The van der Waals surface area contributed by atoms with Gasteiger partial charge in [-0.25, -0.2) is 0 Å². The number of carbonyl (C=O) groups excluding carboxylic acids is 1. The molecule has 2 rings (SSSR count). The highest BCUT2D eigenvalue weighted by molar-refractivity contribution is 14.1. The molecule has 0 radical (unpaired) electrons. The summed E-state index contributed by atoms with van der Waals surface area (Å²) < 4.78 is 12.0. The zero-order chi connectivity index (χ0) is 17.5. The molecule has 0 aliphatic heterocycles. The Balaban J connectivity index is 2.08. The summed E-state index contributed by atoms with van der Waals surface area (Å²) in [6.45, 7) is 3.92. The smallest absolute Gasteiger partial charge is 0.248 e. The summed E-state index contributed by atoms with van der Waals surface area (Å²) in [7, 11) is 1.60. The molecule has 0 aromatic heterocycles. The van der Waals surface area contributed by atoms with Crippen LogP contribution in [0.3, 0.4) is 0 Å². The molecule has 1 N–H and O–H groups in total. The Kier molecular flexibility index (Phi) is 6.66. The molecule has 2 aromatic rings. The van der Waals surface area contributed by atoms with Crippen molar-refractivity contribution in [2.24, 2.45) is 0 Å². The van der Waals surface area contributed by atoms with Gasteiger partial charge in [0.05, 0.1) is 18.9 Å². The van der Waals surface area contributed by atoms with Crippen LogP contribution in [0.25, 0.3) is 6.08 Å². The van der Waals surface area contributed by atoms with Crippen LogP contribution in [0.15, 0.2) is 48.5 Å². The van der Waals surface area contributed by atoms with E-state index in [9.17, 15) is 4.79 Å². The molecule has 0 aliphatic carbocycles. The van der Waals surface area contributed by atoms with Gasteiger partial charge >= 0.3 is 0 Å². The van der Waals surface area contributed by atoms with Gasteiger partial charge in [-0.1, -0.05) is 18.2 Å². The van der Waals surface area contributed by atoms with Gasteiger partial charge in [0.25, 0.3) is 0 Å². The Morgan fingerprint density at radius 3 is 2.58 bits per heavy atom. The van der Waals surface area contributed by atoms with Gasteiger partial charge in [0.2, 0.25) is 5.91 Å². The third-order valence-electron chi connectivity index (χ3n) is 3.11. The molecule has 24 heavy (non-hydrogen) atoms. The summed E-state index contributed by atoms with van der Waals surface area (Å²) in [6, 6.07) is 13.2. The average Bonchev–Trinajstić information content (AvgIpc) is 2.55. The van der Waals surface area contributed by atoms with Crippen LogP contribution in [0.2, 0.25) is 0 Å². The molecule has 0 bridgehead atoms. The second kappa shape index (κ2) is 8.73. The van der Waals surface area contributed by atoms with Crippen molar-refractivity contribution in [1.82, 2.24) is 0 Å². The minimum Gasteiger partial charge on any atom is -0.493 e. The topological polar surface area (TPSA) is 47.6 Å². The number of rotatable bonds is 6. The highest BCUT2D eigenvalue weighted by Crippen LogP contribution is 2.29. The van der Waals surface area contributed by atoms with Crippen LogP contribution in [-0.2, 0) is 4.79 Å². The fourth-order valence-corrected chi connectivity index (χ4v) is 2.57. The van der Waals surface area contributed by atoms with Crippen molar-refractivity contribution < 1.29 is 14.3 Å². The lowest BCUT2D eigenvalue weighted by atomic mass is 10.2. The van der Waals surface area contributed by atoms with Gasteiger partial charge in [-0.3, -0.25) is 4.79 Å². The Bertz CT molecular complexity index is 741. The van der Waals surface area contributed by atoms with E-state index >= 15 is 0 Å². The predicted molar refractivity (Wildman–Crippen MR) is 106 cm³/mol. The number of anilines is 1. The molecule has 0 atom stereocenters. The number of amides is 1.